The van der Waals surface area contributed by atoms with E-state index in [0.29, 0.717) is 5.75 Å². The van der Waals surface area contributed by atoms with Crippen LogP contribution in [0, 0.1) is 6.92 Å². The number of amides is 1. The fourth-order valence-electron chi connectivity index (χ4n) is 1.35. The second-order valence-corrected chi connectivity index (χ2v) is 5.87. The van der Waals surface area contributed by atoms with Gasteiger partial charge in [-0.25, -0.2) is 9.78 Å². The highest BCUT2D eigenvalue weighted by Gasteiger charge is 2.18. The zero-order chi connectivity index (χ0) is 14.3. The van der Waals surface area contributed by atoms with Gasteiger partial charge in [-0.2, -0.15) is 0 Å². The first-order chi connectivity index (χ1) is 9.02. The Bertz CT molecular complexity index is 436. The van der Waals surface area contributed by atoms with Crippen molar-refractivity contribution in [2.24, 2.45) is 0 Å². The summed E-state index contributed by atoms with van der Waals surface area (Å²) in [4.78, 5) is 26.6. The topological polar surface area (TPSA) is 99.5 Å². The van der Waals surface area contributed by atoms with Crippen LogP contribution in [0.15, 0.2) is 5.38 Å². The van der Waals surface area contributed by atoms with Crippen LogP contribution in [0.3, 0.4) is 0 Å². The second-order valence-electron chi connectivity index (χ2n) is 3.82. The molecule has 1 aromatic rings. The molecule has 0 bridgehead atoms. The second kappa shape index (κ2) is 8.13. The predicted octanol–water partition coefficient (Wildman–Crippen LogP) is 0.637. The lowest BCUT2D eigenvalue weighted by Crippen LogP contribution is -2.42. The number of thioether (sulfide) groups is 1. The van der Waals surface area contributed by atoms with Crippen molar-refractivity contribution >= 4 is 35.0 Å². The summed E-state index contributed by atoms with van der Waals surface area (Å²) in [7, 11) is 0. The lowest BCUT2D eigenvalue weighted by atomic mass is 10.2. The number of carboxylic acids is 1. The zero-order valence-electron chi connectivity index (χ0n) is 10.5. The fourth-order valence-corrected chi connectivity index (χ4v) is 2.79. The smallest absolute Gasteiger partial charge is 0.326 e. The molecule has 8 heteroatoms. The monoisotopic (exact) mass is 304 g/mol. The highest BCUT2D eigenvalue weighted by molar-refractivity contribution is 7.99. The molecule has 0 aliphatic carbocycles. The predicted molar refractivity (Wildman–Crippen MR) is 74.3 cm³/mol. The summed E-state index contributed by atoms with van der Waals surface area (Å²) in [6.07, 6.45) is 0.0109. The minimum Gasteiger partial charge on any atom is -0.480 e. The van der Waals surface area contributed by atoms with Gasteiger partial charge < -0.3 is 15.5 Å². The molecule has 0 aromatic carbocycles. The SMILES string of the molecule is Cc1nc(CSCC(=O)N[C@H](CCO)C(=O)O)cs1. The molecule has 19 heavy (non-hydrogen) atoms. The third-order valence-electron chi connectivity index (χ3n) is 2.20. The number of nitrogens with zero attached hydrogens (tertiary/aromatic N) is 1. The first-order valence-electron chi connectivity index (χ1n) is 5.64. The quantitative estimate of drug-likeness (QED) is 0.651. The molecule has 1 amide bonds. The average molecular weight is 304 g/mol. The van der Waals surface area contributed by atoms with Crippen LogP contribution in [0.25, 0.3) is 0 Å². The van der Waals surface area contributed by atoms with E-state index in [-0.39, 0.29) is 24.7 Å². The van der Waals surface area contributed by atoms with Crippen LogP contribution < -0.4 is 5.32 Å². The van der Waals surface area contributed by atoms with E-state index in [1.165, 1.54) is 11.8 Å². The summed E-state index contributed by atoms with van der Waals surface area (Å²) in [6.45, 7) is 1.64. The number of aromatic nitrogens is 1. The van der Waals surface area contributed by atoms with Gasteiger partial charge in [-0.3, -0.25) is 4.79 Å². The van der Waals surface area contributed by atoms with Gasteiger partial charge in [-0.15, -0.1) is 23.1 Å². The van der Waals surface area contributed by atoms with E-state index in [4.69, 9.17) is 10.2 Å². The van der Waals surface area contributed by atoms with E-state index in [2.05, 4.69) is 10.3 Å². The molecule has 3 N–H and O–H groups in total. The highest BCUT2D eigenvalue weighted by atomic mass is 32.2. The standard InChI is InChI=1S/C11H16N2O4S2/c1-7-12-8(5-19-7)4-18-6-10(15)13-9(2-3-14)11(16)17/h5,9,14H,2-4,6H2,1H3,(H,13,15)(H,16,17)/t9-/m1/s1. The average Bonchev–Trinajstić information content (AvgIpc) is 2.74. The third kappa shape index (κ3) is 6.04. The number of carbonyl (C=O) groups is 2. The maximum Gasteiger partial charge on any atom is 0.326 e. The summed E-state index contributed by atoms with van der Waals surface area (Å²) in [5, 5.41) is 22.8. The Morgan fingerprint density at radius 3 is 2.84 bits per heavy atom. The maximum absolute atomic E-state index is 11.5. The first kappa shape index (κ1) is 15.9. The highest BCUT2D eigenvalue weighted by Crippen LogP contribution is 2.14. The normalized spacial score (nSPS) is 12.1. The van der Waals surface area contributed by atoms with Gasteiger partial charge in [0.1, 0.15) is 6.04 Å². The molecule has 0 radical (unpaired) electrons. The number of aliphatic carboxylic acids is 1. The molecular formula is C11H16N2O4S2. The minimum absolute atomic E-state index is 0.0109. The molecule has 6 nitrogen and oxygen atoms in total. The molecule has 0 aliphatic rings. The fraction of sp³-hybridized carbons (Fsp3) is 0.545. The van der Waals surface area contributed by atoms with Crippen molar-refractivity contribution in [2.45, 2.75) is 25.1 Å². The van der Waals surface area contributed by atoms with Crippen LogP contribution in [0.1, 0.15) is 17.1 Å². The zero-order valence-corrected chi connectivity index (χ0v) is 12.1. The summed E-state index contributed by atoms with van der Waals surface area (Å²) in [5.41, 5.74) is 0.922. The number of aliphatic hydroxyl groups excluding tert-OH is 1. The van der Waals surface area contributed by atoms with Crippen LogP contribution in [-0.2, 0) is 15.3 Å². The van der Waals surface area contributed by atoms with E-state index < -0.39 is 12.0 Å². The number of hydrogen-bond acceptors (Lipinski definition) is 6. The Kier molecular flexibility index (Phi) is 6.82. The summed E-state index contributed by atoms with van der Waals surface area (Å²) in [5.74, 6) is -0.693. The van der Waals surface area contributed by atoms with Gasteiger partial charge in [0.2, 0.25) is 5.91 Å². The summed E-state index contributed by atoms with van der Waals surface area (Å²) in [6, 6.07) is -1.03. The number of aliphatic hydroxyl groups is 1. The van der Waals surface area contributed by atoms with E-state index in [0.717, 1.165) is 10.7 Å². The lowest BCUT2D eigenvalue weighted by molar-refractivity contribution is -0.141. The van der Waals surface area contributed by atoms with E-state index in [1.54, 1.807) is 11.3 Å². The van der Waals surface area contributed by atoms with Gasteiger partial charge in [-0.1, -0.05) is 0 Å². The Morgan fingerprint density at radius 1 is 1.58 bits per heavy atom. The molecule has 1 aromatic heterocycles. The van der Waals surface area contributed by atoms with Crippen molar-refractivity contribution in [3.8, 4) is 0 Å². The van der Waals surface area contributed by atoms with Crippen LogP contribution in [-0.4, -0.2) is 45.5 Å². The van der Waals surface area contributed by atoms with Crippen molar-refractivity contribution in [3.63, 3.8) is 0 Å². The molecule has 0 saturated heterocycles. The number of thiazole rings is 1. The molecule has 1 atom stereocenters. The number of aryl methyl sites for hydroxylation is 1. The molecule has 106 valence electrons. The van der Waals surface area contributed by atoms with Gasteiger partial charge in [0.15, 0.2) is 0 Å². The van der Waals surface area contributed by atoms with Gasteiger partial charge >= 0.3 is 5.97 Å². The Balaban J connectivity index is 2.28. The first-order valence-corrected chi connectivity index (χ1v) is 7.68. The Labute approximate surface area is 119 Å². The molecule has 0 spiro atoms. The molecule has 1 rings (SSSR count). The lowest BCUT2D eigenvalue weighted by Gasteiger charge is -2.12. The Morgan fingerprint density at radius 2 is 2.32 bits per heavy atom. The van der Waals surface area contributed by atoms with Crippen molar-refractivity contribution in [2.75, 3.05) is 12.4 Å². The Hall–Kier alpha value is -1.12. The largest absolute Gasteiger partial charge is 0.480 e. The molecule has 0 fully saturated rings. The van der Waals surface area contributed by atoms with Gasteiger partial charge in [0, 0.05) is 24.2 Å². The third-order valence-corrected chi connectivity index (χ3v) is 3.99. The number of rotatable bonds is 8. The maximum atomic E-state index is 11.5. The summed E-state index contributed by atoms with van der Waals surface area (Å²) >= 11 is 2.93. The van der Waals surface area contributed by atoms with Crippen LogP contribution >= 0.6 is 23.1 Å². The van der Waals surface area contributed by atoms with E-state index in [1.807, 2.05) is 12.3 Å². The van der Waals surface area contributed by atoms with Crippen molar-refractivity contribution in [1.29, 1.82) is 0 Å². The van der Waals surface area contributed by atoms with Crippen LogP contribution in [0.4, 0.5) is 0 Å². The molecule has 0 unspecified atom stereocenters. The van der Waals surface area contributed by atoms with Crippen LogP contribution in [0.2, 0.25) is 0 Å². The number of hydrogen-bond donors (Lipinski definition) is 3. The van der Waals surface area contributed by atoms with Gasteiger partial charge in [0.05, 0.1) is 16.5 Å². The molecule has 0 saturated carbocycles. The number of nitrogens with one attached hydrogen (secondary N) is 1. The van der Waals surface area contributed by atoms with Gasteiger partial charge in [0.25, 0.3) is 0 Å². The number of carbonyl (C=O) groups excluding carboxylic acids is 1. The molecular weight excluding hydrogens is 288 g/mol. The van der Waals surface area contributed by atoms with E-state index in [9.17, 15) is 9.59 Å². The number of carboxylic acid groups (broad SMARTS) is 1. The van der Waals surface area contributed by atoms with Crippen molar-refractivity contribution in [1.82, 2.24) is 10.3 Å². The van der Waals surface area contributed by atoms with Gasteiger partial charge in [-0.05, 0) is 6.92 Å². The molecule has 0 aliphatic heterocycles. The molecule has 1 heterocycles. The minimum atomic E-state index is -1.14. The van der Waals surface area contributed by atoms with Crippen LogP contribution in [0.5, 0.6) is 0 Å². The van der Waals surface area contributed by atoms with Crippen molar-refractivity contribution < 1.29 is 19.8 Å². The van der Waals surface area contributed by atoms with E-state index >= 15 is 0 Å². The van der Waals surface area contributed by atoms with Crippen molar-refractivity contribution in [3.05, 3.63) is 16.1 Å². The summed E-state index contributed by atoms with van der Waals surface area (Å²) < 4.78 is 0.